The van der Waals surface area contributed by atoms with Crippen molar-refractivity contribution in [2.75, 3.05) is 0 Å². The minimum Gasteiger partial charge on any atom is -0.400 e. The van der Waals surface area contributed by atoms with E-state index in [0.29, 0.717) is 0 Å². The minimum absolute atomic E-state index is 0.179. The first-order chi connectivity index (χ1) is 6.54. The summed E-state index contributed by atoms with van der Waals surface area (Å²) in [5.74, 6) is 2.07. The summed E-state index contributed by atoms with van der Waals surface area (Å²) in [5, 5.41) is 0. The molecule has 0 radical (unpaired) electrons. The number of hydrogen-bond donors (Lipinski definition) is 0. The van der Waals surface area contributed by atoms with E-state index in [1.807, 2.05) is 0 Å². The van der Waals surface area contributed by atoms with Gasteiger partial charge in [0.2, 0.25) is 0 Å². The van der Waals surface area contributed by atoms with Crippen LogP contribution in [0, 0.1) is 0 Å². The molecule has 1 heterocycles. The van der Waals surface area contributed by atoms with Crippen molar-refractivity contribution in [3.63, 3.8) is 0 Å². The van der Waals surface area contributed by atoms with Gasteiger partial charge in [0.25, 0.3) is 0 Å². The van der Waals surface area contributed by atoms with Crippen LogP contribution < -0.4 is 0 Å². The maximum Gasteiger partial charge on any atom is 0.486 e. The van der Waals surface area contributed by atoms with Crippen molar-refractivity contribution in [3.05, 3.63) is 11.7 Å². The summed E-state index contributed by atoms with van der Waals surface area (Å²) in [6, 6.07) is 0. The number of rotatable bonds is 2. The standard InChI is InChI=1S/C11H23BO2Si/c1-10(2)11(3,4)14-12(13-10)8-9-15(5,6)7/h8-9H,1-7H3/b9-8+. The molecule has 1 fully saturated rings. The smallest absolute Gasteiger partial charge is 0.400 e. The summed E-state index contributed by atoms with van der Waals surface area (Å²) < 4.78 is 11.7. The van der Waals surface area contributed by atoms with Crippen LogP contribution in [-0.4, -0.2) is 26.4 Å². The fraction of sp³-hybridized carbons (Fsp3) is 0.818. The van der Waals surface area contributed by atoms with Gasteiger partial charge in [0, 0.05) is 0 Å². The van der Waals surface area contributed by atoms with Crippen molar-refractivity contribution in [2.24, 2.45) is 0 Å². The molecule has 0 aromatic carbocycles. The first-order valence-corrected chi connectivity index (χ1v) is 9.16. The second-order valence-electron chi connectivity index (χ2n) is 6.35. The number of hydrogen-bond acceptors (Lipinski definition) is 2. The topological polar surface area (TPSA) is 18.5 Å². The van der Waals surface area contributed by atoms with E-state index in [0.717, 1.165) is 0 Å². The van der Waals surface area contributed by atoms with Gasteiger partial charge in [-0.1, -0.05) is 25.6 Å². The second kappa shape index (κ2) is 3.75. The normalized spacial score (nSPS) is 25.1. The second-order valence-corrected chi connectivity index (χ2v) is 11.4. The van der Waals surface area contributed by atoms with Crippen LogP contribution in [0.25, 0.3) is 0 Å². The lowest BCUT2D eigenvalue weighted by molar-refractivity contribution is 0.00578. The average molecular weight is 226 g/mol. The summed E-state index contributed by atoms with van der Waals surface area (Å²) in [5.41, 5.74) is 1.83. The first kappa shape index (κ1) is 13.0. The van der Waals surface area contributed by atoms with Gasteiger partial charge in [-0.05, 0) is 27.7 Å². The van der Waals surface area contributed by atoms with Crippen LogP contribution in [0.5, 0.6) is 0 Å². The molecule has 0 amide bonds. The van der Waals surface area contributed by atoms with Gasteiger partial charge >= 0.3 is 7.12 Å². The molecule has 0 aromatic rings. The Balaban J connectivity index is 2.68. The van der Waals surface area contributed by atoms with Crippen LogP contribution >= 0.6 is 0 Å². The van der Waals surface area contributed by atoms with Gasteiger partial charge in [0.15, 0.2) is 0 Å². The van der Waals surface area contributed by atoms with Crippen LogP contribution in [0.3, 0.4) is 0 Å². The molecule has 0 saturated carbocycles. The van der Waals surface area contributed by atoms with Crippen molar-refractivity contribution in [1.29, 1.82) is 0 Å². The molecule has 1 aliphatic rings. The molecule has 1 aliphatic heterocycles. The molecule has 0 unspecified atom stereocenters. The monoisotopic (exact) mass is 226 g/mol. The summed E-state index contributed by atoms with van der Waals surface area (Å²) in [4.78, 5) is 0. The zero-order valence-electron chi connectivity index (χ0n) is 11.0. The highest BCUT2D eigenvalue weighted by Crippen LogP contribution is 2.36. The Hall–Kier alpha value is -0.0582. The summed E-state index contributed by atoms with van der Waals surface area (Å²) in [6.45, 7) is 15.2. The SMILES string of the molecule is CC1(C)OB(/C=C/[Si](C)(C)C)OC1(C)C. The predicted octanol–water partition coefficient (Wildman–Crippen LogP) is 3.05. The Morgan fingerprint density at radius 2 is 1.33 bits per heavy atom. The average Bonchev–Trinajstić information content (AvgIpc) is 2.16. The molecular formula is C11H23BO2Si. The van der Waals surface area contributed by atoms with E-state index >= 15 is 0 Å². The molecule has 15 heavy (non-hydrogen) atoms. The van der Waals surface area contributed by atoms with Gasteiger partial charge in [0.05, 0.1) is 19.3 Å². The molecule has 2 nitrogen and oxygen atoms in total. The lowest BCUT2D eigenvalue weighted by Crippen LogP contribution is -2.41. The van der Waals surface area contributed by atoms with Crippen LogP contribution in [0.2, 0.25) is 19.6 Å². The molecule has 0 bridgehead atoms. The van der Waals surface area contributed by atoms with Crippen molar-refractivity contribution >= 4 is 15.2 Å². The molecular weight excluding hydrogens is 203 g/mol. The van der Waals surface area contributed by atoms with Gasteiger partial charge in [-0.3, -0.25) is 0 Å². The zero-order chi connectivity index (χ0) is 11.9. The first-order valence-electron chi connectivity index (χ1n) is 5.58. The molecule has 0 atom stereocenters. The van der Waals surface area contributed by atoms with Gasteiger partial charge < -0.3 is 9.31 Å². The fourth-order valence-electron chi connectivity index (χ4n) is 1.33. The molecule has 0 aromatic heterocycles. The van der Waals surface area contributed by atoms with Crippen LogP contribution in [0.4, 0.5) is 0 Å². The summed E-state index contributed by atoms with van der Waals surface area (Å²) in [7, 11) is -1.34. The van der Waals surface area contributed by atoms with Gasteiger partial charge in [0.1, 0.15) is 0 Å². The highest BCUT2D eigenvalue weighted by molar-refractivity contribution is 6.81. The van der Waals surface area contributed by atoms with Crippen molar-refractivity contribution in [2.45, 2.75) is 58.5 Å². The van der Waals surface area contributed by atoms with E-state index in [2.05, 4.69) is 59.0 Å². The van der Waals surface area contributed by atoms with Crippen LogP contribution in [0.15, 0.2) is 11.7 Å². The van der Waals surface area contributed by atoms with E-state index in [1.165, 1.54) is 0 Å². The van der Waals surface area contributed by atoms with E-state index in [1.54, 1.807) is 0 Å². The van der Waals surface area contributed by atoms with Crippen molar-refractivity contribution in [3.8, 4) is 0 Å². The maximum atomic E-state index is 5.87. The predicted molar refractivity (Wildman–Crippen MR) is 68.6 cm³/mol. The molecule has 1 rings (SSSR count). The Bertz CT molecular complexity index is 250. The van der Waals surface area contributed by atoms with Gasteiger partial charge in [-0.25, -0.2) is 0 Å². The molecule has 86 valence electrons. The lowest BCUT2D eigenvalue weighted by Gasteiger charge is -2.32. The summed E-state index contributed by atoms with van der Waals surface area (Å²) >= 11 is 0. The van der Waals surface area contributed by atoms with E-state index < -0.39 is 8.07 Å². The molecule has 1 saturated heterocycles. The third-order valence-corrected chi connectivity index (χ3v) is 4.22. The zero-order valence-corrected chi connectivity index (χ0v) is 12.0. The van der Waals surface area contributed by atoms with Gasteiger partial charge in [-0.15, -0.1) is 5.70 Å². The van der Waals surface area contributed by atoms with Crippen molar-refractivity contribution in [1.82, 2.24) is 0 Å². The van der Waals surface area contributed by atoms with Crippen LogP contribution in [0.1, 0.15) is 27.7 Å². The Morgan fingerprint density at radius 3 is 1.67 bits per heavy atom. The highest BCUT2D eigenvalue weighted by atomic mass is 28.3. The minimum atomic E-state index is -1.16. The third-order valence-electron chi connectivity index (χ3n) is 3.02. The van der Waals surface area contributed by atoms with E-state index in [9.17, 15) is 0 Å². The Labute approximate surface area is 95.2 Å². The Kier molecular flexibility index (Phi) is 3.26. The quantitative estimate of drug-likeness (QED) is 0.674. The fourth-order valence-corrected chi connectivity index (χ4v) is 2.07. The molecule has 0 aliphatic carbocycles. The molecule has 4 heteroatoms. The summed E-state index contributed by atoms with van der Waals surface area (Å²) in [6.07, 6.45) is 0. The molecule has 0 spiro atoms. The largest absolute Gasteiger partial charge is 0.486 e. The maximum absolute atomic E-state index is 5.87. The third kappa shape index (κ3) is 3.20. The van der Waals surface area contributed by atoms with Crippen molar-refractivity contribution < 1.29 is 9.31 Å². The molecule has 0 N–H and O–H groups in total. The lowest BCUT2D eigenvalue weighted by atomic mass is 9.90. The highest BCUT2D eigenvalue weighted by Gasteiger charge is 2.50. The van der Waals surface area contributed by atoms with E-state index in [4.69, 9.17) is 9.31 Å². The van der Waals surface area contributed by atoms with Crippen LogP contribution in [-0.2, 0) is 9.31 Å². The van der Waals surface area contributed by atoms with E-state index in [-0.39, 0.29) is 18.3 Å². The Morgan fingerprint density at radius 1 is 0.933 bits per heavy atom. The van der Waals surface area contributed by atoms with Gasteiger partial charge in [-0.2, -0.15) is 0 Å².